The third-order valence-corrected chi connectivity index (χ3v) is 2.99. The van der Waals surface area contributed by atoms with Gasteiger partial charge in [0.1, 0.15) is 0 Å². The largest absolute Gasteiger partial charge is 0.335 e. The first-order chi connectivity index (χ1) is 8.46. The normalized spacial score (nSPS) is 21.6. The van der Waals surface area contributed by atoms with Crippen molar-refractivity contribution >= 4 is 18.5 Å². The summed E-state index contributed by atoms with van der Waals surface area (Å²) < 4.78 is 5.26. The highest BCUT2D eigenvalue weighted by Gasteiger charge is 2.24. The Hall–Kier alpha value is -0.910. The standard InChI is InChI=1S/C13H22N4O.ClH/c1-13(2,3)6-5-11-15-12(16-18-11)10-9-14-7-8-17(10)4;/h5-6,10,14H,7-9H2,1-4H3;1H/b6-5+;. The summed E-state index contributed by atoms with van der Waals surface area (Å²) in [4.78, 5) is 6.69. The molecule has 1 saturated heterocycles. The summed E-state index contributed by atoms with van der Waals surface area (Å²) >= 11 is 0. The van der Waals surface area contributed by atoms with Crippen molar-refractivity contribution in [3.05, 3.63) is 17.8 Å². The molecule has 108 valence electrons. The first-order valence-corrected chi connectivity index (χ1v) is 6.39. The van der Waals surface area contributed by atoms with Gasteiger partial charge in [-0.05, 0) is 18.5 Å². The van der Waals surface area contributed by atoms with Crippen LogP contribution in [0.1, 0.15) is 38.5 Å². The van der Waals surface area contributed by atoms with Crippen LogP contribution in [0.2, 0.25) is 0 Å². The van der Waals surface area contributed by atoms with Crippen molar-refractivity contribution in [3.63, 3.8) is 0 Å². The van der Waals surface area contributed by atoms with Gasteiger partial charge >= 0.3 is 0 Å². The highest BCUT2D eigenvalue weighted by molar-refractivity contribution is 5.85. The highest BCUT2D eigenvalue weighted by atomic mass is 35.5. The van der Waals surface area contributed by atoms with E-state index in [-0.39, 0.29) is 23.9 Å². The second kappa shape index (κ2) is 6.50. The van der Waals surface area contributed by atoms with E-state index in [0.717, 1.165) is 25.5 Å². The summed E-state index contributed by atoms with van der Waals surface area (Å²) in [6, 6.07) is 0.208. The number of aromatic nitrogens is 2. The molecule has 1 aromatic rings. The second-order valence-corrected chi connectivity index (χ2v) is 5.89. The van der Waals surface area contributed by atoms with E-state index in [1.165, 1.54) is 0 Å². The zero-order chi connectivity index (χ0) is 13.2. The topological polar surface area (TPSA) is 54.2 Å². The number of rotatable bonds is 2. The molecule has 1 aromatic heterocycles. The van der Waals surface area contributed by atoms with Gasteiger partial charge in [0, 0.05) is 19.6 Å². The number of hydrogen-bond acceptors (Lipinski definition) is 5. The molecular weight excluding hydrogens is 264 g/mol. The van der Waals surface area contributed by atoms with Crippen LogP contribution in [0.5, 0.6) is 0 Å². The second-order valence-electron chi connectivity index (χ2n) is 5.89. The van der Waals surface area contributed by atoms with Gasteiger partial charge in [-0.25, -0.2) is 0 Å². The van der Waals surface area contributed by atoms with Gasteiger partial charge in [-0.3, -0.25) is 4.90 Å². The quantitative estimate of drug-likeness (QED) is 0.903. The molecule has 1 aliphatic heterocycles. The molecule has 0 aliphatic carbocycles. The fraction of sp³-hybridized carbons (Fsp3) is 0.692. The molecule has 1 unspecified atom stereocenters. The van der Waals surface area contributed by atoms with Crippen molar-refractivity contribution in [2.45, 2.75) is 26.8 Å². The number of hydrogen-bond donors (Lipinski definition) is 1. The fourth-order valence-corrected chi connectivity index (χ4v) is 1.87. The van der Waals surface area contributed by atoms with Gasteiger partial charge in [-0.15, -0.1) is 12.4 Å². The third kappa shape index (κ3) is 4.60. The molecule has 0 saturated carbocycles. The summed E-state index contributed by atoms with van der Waals surface area (Å²) in [5, 5.41) is 7.42. The molecule has 6 heteroatoms. The molecule has 5 nitrogen and oxygen atoms in total. The Kier molecular flexibility index (Phi) is 5.52. The van der Waals surface area contributed by atoms with E-state index in [9.17, 15) is 0 Å². The van der Waals surface area contributed by atoms with Crippen molar-refractivity contribution in [1.29, 1.82) is 0 Å². The molecule has 0 aromatic carbocycles. The molecule has 19 heavy (non-hydrogen) atoms. The lowest BCUT2D eigenvalue weighted by Gasteiger charge is -2.30. The smallest absolute Gasteiger partial charge is 0.250 e. The first kappa shape index (κ1) is 16.1. The van der Waals surface area contributed by atoms with Crippen molar-refractivity contribution in [2.24, 2.45) is 5.41 Å². The Balaban J connectivity index is 0.00000180. The SMILES string of the molecule is CN1CCNCC1c1noc(/C=C/C(C)(C)C)n1.Cl. The van der Waals surface area contributed by atoms with Crippen LogP contribution in [0, 0.1) is 5.41 Å². The molecule has 1 N–H and O–H groups in total. The zero-order valence-electron chi connectivity index (χ0n) is 12.0. The maximum Gasteiger partial charge on any atom is 0.250 e. The van der Waals surface area contributed by atoms with Gasteiger partial charge in [-0.1, -0.05) is 32.0 Å². The molecule has 1 aliphatic rings. The predicted octanol–water partition coefficient (Wildman–Crippen LogP) is 2.13. The van der Waals surface area contributed by atoms with Crippen LogP contribution < -0.4 is 5.32 Å². The van der Waals surface area contributed by atoms with Crippen LogP contribution in [0.4, 0.5) is 0 Å². The highest BCUT2D eigenvalue weighted by Crippen LogP contribution is 2.20. The number of nitrogens with one attached hydrogen (secondary N) is 1. The van der Waals surface area contributed by atoms with Gasteiger partial charge in [0.05, 0.1) is 6.04 Å². The Labute approximate surface area is 120 Å². The zero-order valence-corrected chi connectivity index (χ0v) is 12.8. The van der Waals surface area contributed by atoms with E-state index in [0.29, 0.717) is 5.89 Å². The van der Waals surface area contributed by atoms with Crippen molar-refractivity contribution in [1.82, 2.24) is 20.4 Å². The van der Waals surface area contributed by atoms with Gasteiger partial charge in [0.25, 0.3) is 0 Å². The third-order valence-electron chi connectivity index (χ3n) is 2.99. The van der Waals surface area contributed by atoms with E-state index in [1.54, 1.807) is 0 Å². The van der Waals surface area contributed by atoms with E-state index >= 15 is 0 Å². The minimum Gasteiger partial charge on any atom is -0.335 e. The van der Waals surface area contributed by atoms with E-state index in [1.807, 2.05) is 6.08 Å². The average molecular weight is 287 g/mol. The minimum atomic E-state index is 0. The van der Waals surface area contributed by atoms with Crippen molar-refractivity contribution in [3.8, 4) is 0 Å². The summed E-state index contributed by atoms with van der Waals surface area (Å²) in [5.74, 6) is 1.34. The van der Waals surface area contributed by atoms with Gasteiger partial charge < -0.3 is 9.84 Å². The molecule has 1 fully saturated rings. The molecular formula is C13H23ClN4O. The Morgan fingerprint density at radius 2 is 2.16 bits per heavy atom. The summed E-state index contributed by atoms with van der Waals surface area (Å²) in [6.07, 6.45) is 3.97. The Morgan fingerprint density at radius 3 is 2.79 bits per heavy atom. The summed E-state index contributed by atoms with van der Waals surface area (Å²) in [7, 11) is 2.09. The van der Waals surface area contributed by atoms with Crippen LogP contribution in [0.3, 0.4) is 0 Å². The molecule has 0 bridgehead atoms. The van der Waals surface area contributed by atoms with Gasteiger partial charge in [0.15, 0.2) is 5.82 Å². The number of nitrogens with zero attached hydrogens (tertiary/aromatic N) is 3. The predicted molar refractivity (Wildman–Crippen MR) is 78.3 cm³/mol. The lowest BCUT2D eigenvalue weighted by Crippen LogP contribution is -2.44. The van der Waals surface area contributed by atoms with Crippen molar-refractivity contribution in [2.75, 3.05) is 26.7 Å². The minimum absolute atomic E-state index is 0. The lowest BCUT2D eigenvalue weighted by atomic mass is 9.96. The fourth-order valence-electron chi connectivity index (χ4n) is 1.87. The molecule has 0 amide bonds. The monoisotopic (exact) mass is 286 g/mol. The van der Waals surface area contributed by atoms with Gasteiger partial charge in [0.2, 0.25) is 5.89 Å². The number of halogens is 1. The van der Waals surface area contributed by atoms with Crippen LogP contribution in [0.25, 0.3) is 6.08 Å². The summed E-state index contributed by atoms with van der Waals surface area (Å²) in [6.45, 7) is 9.31. The van der Waals surface area contributed by atoms with Crippen LogP contribution >= 0.6 is 12.4 Å². The number of likely N-dealkylation sites (N-methyl/N-ethyl adjacent to an activating group) is 1. The maximum atomic E-state index is 5.26. The van der Waals surface area contributed by atoms with Gasteiger partial charge in [-0.2, -0.15) is 4.98 Å². The molecule has 0 spiro atoms. The van der Waals surface area contributed by atoms with Crippen molar-refractivity contribution < 1.29 is 4.52 Å². The first-order valence-electron chi connectivity index (χ1n) is 6.39. The van der Waals surface area contributed by atoms with Crippen LogP contribution in [-0.2, 0) is 0 Å². The molecule has 0 radical (unpaired) electrons. The maximum absolute atomic E-state index is 5.26. The lowest BCUT2D eigenvalue weighted by molar-refractivity contribution is 0.190. The van der Waals surface area contributed by atoms with Crippen LogP contribution in [0.15, 0.2) is 10.6 Å². The van der Waals surface area contributed by atoms with E-state index < -0.39 is 0 Å². The molecule has 1 atom stereocenters. The average Bonchev–Trinajstić information content (AvgIpc) is 2.75. The Bertz CT molecular complexity index is 425. The van der Waals surface area contributed by atoms with Crippen LogP contribution in [-0.4, -0.2) is 41.7 Å². The van der Waals surface area contributed by atoms with E-state index in [4.69, 9.17) is 4.52 Å². The number of piperazine rings is 1. The molecule has 2 heterocycles. The molecule has 2 rings (SSSR count). The van der Waals surface area contributed by atoms with E-state index in [2.05, 4.69) is 54.3 Å². The Morgan fingerprint density at radius 1 is 1.42 bits per heavy atom. The number of allylic oxidation sites excluding steroid dienone is 1. The summed E-state index contributed by atoms with van der Waals surface area (Å²) in [5.41, 5.74) is 0.123.